The Morgan fingerprint density at radius 2 is 2.25 bits per heavy atom. The van der Waals surface area contributed by atoms with E-state index in [0.29, 0.717) is 17.1 Å². The molecular formula is C13H15ClN4O2. The SMILES string of the molecule is Cc1ccc(C(C)NC(=O)c2cnc(NN)c(Cl)c2)o1. The van der Waals surface area contributed by atoms with Crippen molar-refractivity contribution in [3.05, 3.63) is 46.5 Å². The fourth-order valence-corrected chi connectivity index (χ4v) is 1.93. The summed E-state index contributed by atoms with van der Waals surface area (Å²) < 4.78 is 5.46. The first-order chi connectivity index (χ1) is 9.51. The van der Waals surface area contributed by atoms with Gasteiger partial charge in [0.2, 0.25) is 0 Å². The quantitative estimate of drug-likeness (QED) is 0.595. The molecule has 0 radical (unpaired) electrons. The van der Waals surface area contributed by atoms with E-state index in [0.717, 1.165) is 5.76 Å². The fraction of sp³-hybridized carbons (Fsp3) is 0.231. The molecule has 2 rings (SSSR count). The van der Waals surface area contributed by atoms with Crippen molar-refractivity contribution in [3.8, 4) is 0 Å². The predicted octanol–water partition coefficient (Wildman–Crippen LogP) is 2.41. The third kappa shape index (κ3) is 3.09. The fourth-order valence-electron chi connectivity index (χ4n) is 1.71. The lowest BCUT2D eigenvalue weighted by Crippen LogP contribution is -2.26. The summed E-state index contributed by atoms with van der Waals surface area (Å²) >= 11 is 5.93. The number of carbonyl (C=O) groups excluding carboxylic acids is 1. The van der Waals surface area contributed by atoms with Crippen LogP contribution in [0.15, 0.2) is 28.8 Å². The third-order valence-electron chi connectivity index (χ3n) is 2.78. The lowest BCUT2D eigenvalue weighted by atomic mass is 10.2. The predicted molar refractivity (Wildman–Crippen MR) is 76.4 cm³/mol. The highest BCUT2D eigenvalue weighted by atomic mass is 35.5. The molecule has 0 aliphatic carbocycles. The summed E-state index contributed by atoms with van der Waals surface area (Å²) in [5.41, 5.74) is 2.69. The minimum Gasteiger partial charge on any atom is -0.464 e. The Morgan fingerprint density at radius 1 is 1.50 bits per heavy atom. The Kier molecular flexibility index (Phi) is 4.26. The van der Waals surface area contributed by atoms with E-state index in [2.05, 4.69) is 15.7 Å². The summed E-state index contributed by atoms with van der Waals surface area (Å²) in [6.45, 7) is 3.68. The zero-order valence-corrected chi connectivity index (χ0v) is 11.9. The highest BCUT2D eigenvalue weighted by Gasteiger charge is 2.15. The molecule has 1 amide bonds. The highest BCUT2D eigenvalue weighted by molar-refractivity contribution is 6.33. The van der Waals surface area contributed by atoms with E-state index >= 15 is 0 Å². The number of hydrogen-bond acceptors (Lipinski definition) is 5. The molecule has 7 heteroatoms. The molecule has 0 saturated heterocycles. The molecule has 1 unspecified atom stereocenters. The molecule has 6 nitrogen and oxygen atoms in total. The number of furan rings is 1. The van der Waals surface area contributed by atoms with E-state index < -0.39 is 0 Å². The van der Waals surface area contributed by atoms with Crippen LogP contribution in [0.2, 0.25) is 5.02 Å². The van der Waals surface area contributed by atoms with Gasteiger partial charge in [0.15, 0.2) is 5.82 Å². The number of rotatable bonds is 4. The number of nitrogens with zero attached hydrogens (tertiary/aromatic N) is 1. The van der Waals surface area contributed by atoms with Crippen molar-refractivity contribution in [1.82, 2.24) is 10.3 Å². The second-order valence-corrected chi connectivity index (χ2v) is 4.75. The van der Waals surface area contributed by atoms with Crippen molar-refractivity contribution < 1.29 is 9.21 Å². The van der Waals surface area contributed by atoms with Crippen molar-refractivity contribution >= 4 is 23.3 Å². The summed E-state index contributed by atoms with van der Waals surface area (Å²) in [6.07, 6.45) is 1.40. The third-order valence-corrected chi connectivity index (χ3v) is 3.06. The number of hydrogen-bond donors (Lipinski definition) is 3. The normalized spacial score (nSPS) is 12.0. The summed E-state index contributed by atoms with van der Waals surface area (Å²) in [4.78, 5) is 16.0. The number of aryl methyl sites for hydroxylation is 1. The van der Waals surface area contributed by atoms with Crippen molar-refractivity contribution in [2.24, 2.45) is 5.84 Å². The van der Waals surface area contributed by atoms with Crippen molar-refractivity contribution in [2.75, 3.05) is 5.43 Å². The van der Waals surface area contributed by atoms with E-state index in [-0.39, 0.29) is 17.0 Å². The van der Waals surface area contributed by atoms with E-state index in [4.69, 9.17) is 21.9 Å². The number of aromatic nitrogens is 1. The maximum Gasteiger partial charge on any atom is 0.253 e. The van der Waals surface area contributed by atoms with Crippen LogP contribution < -0.4 is 16.6 Å². The monoisotopic (exact) mass is 294 g/mol. The maximum absolute atomic E-state index is 12.1. The molecule has 0 fully saturated rings. The van der Waals surface area contributed by atoms with Crippen LogP contribution in [0.1, 0.15) is 34.8 Å². The molecule has 0 spiro atoms. The van der Waals surface area contributed by atoms with Gasteiger partial charge in [-0.15, -0.1) is 0 Å². The summed E-state index contributed by atoms with van der Waals surface area (Å²) in [5.74, 6) is 6.74. The van der Waals surface area contributed by atoms with Crippen LogP contribution in [-0.2, 0) is 0 Å². The summed E-state index contributed by atoms with van der Waals surface area (Å²) in [7, 11) is 0. The minimum atomic E-state index is -0.287. The van der Waals surface area contributed by atoms with Crippen LogP contribution in [0.5, 0.6) is 0 Å². The lowest BCUT2D eigenvalue weighted by Gasteiger charge is -2.12. The van der Waals surface area contributed by atoms with Gasteiger partial charge in [0.1, 0.15) is 11.5 Å². The van der Waals surface area contributed by atoms with Gasteiger partial charge in [-0.1, -0.05) is 11.6 Å². The van der Waals surface area contributed by atoms with Gasteiger partial charge in [0, 0.05) is 6.20 Å². The van der Waals surface area contributed by atoms with Crippen LogP contribution in [0.25, 0.3) is 0 Å². The Morgan fingerprint density at radius 3 is 2.80 bits per heavy atom. The Balaban J connectivity index is 2.10. The Labute approximate surface area is 121 Å². The van der Waals surface area contributed by atoms with Crippen LogP contribution in [0.4, 0.5) is 5.82 Å². The van der Waals surface area contributed by atoms with E-state index in [1.54, 1.807) is 0 Å². The van der Waals surface area contributed by atoms with Gasteiger partial charge < -0.3 is 15.2 Å². The highest BCUT2D eigenvalue weighted by Crippen LogP contribution is 2.20. The van der Waals surface area contributed by atoms with E-state index in [9.17, 15) is 4.79 Å². The average Bonchev–Trinajstić information content (AvgIpc) is 2.85. The van der Waals surface area contributed by atoms with Gasteiger partial charge in [0.25, 0.3) is 5.91 Å². The summed E-state index contributed by atoms with van der Waals surface area (Å²) in [6, 6.07) is 4.92. The zero-order valence-electron chi connectivity index (χ0n) is 11.1. The number of pyridine rings is 1. The standard InChI is InChI=1S/C13H15ClN4O2/c1-7-3-4-11(20-7)8(2)17-13(19)9-5-10(14)12(18-15)16-6-9/h3-6,8H,15H2,1-2H3,(H,16,18)(H,17,19). The van der Waals surface area contributed by atoms with Crippen LogP contribution in [0, 0.1) is 6.92 Å². The zero-order chi connectivity index (χ0) is 14.7. The first-order valence-corrected chi connectivity index (χ1v) is 6.38. The molecule has 0 bridgehead atoms. The molecule has 2 heterocycles. The summed E-state index contributed by atoms with van der Waals surface area (Å²) in [5, 5.41) is 3.09. The van der Waals surface area contributed by atoms with Crippen LogP contribution in [0.3, 0.4) is 0 Å². The largest absolute Gasteiger partial charge is 0.464 e. The van der Waals surface area contributed by atoms with Crippen LogP contribution in [-0.4, -0.2) is 10.9 Å². The molecule has 1 atom stereocenters. The second kappa shape index (κ2) is 5.94. The minimum absolute atomic E-state index is 0.248. The van der Waals surface area contributed by atoms with Gasteiger partial charge in [0.05, 0.1) is 16.6 Å². The van der Waals surface area contributed by atoms with Gasteiger partial charge >= 0.3 is 0 Å². The molecule has 0 aliphatic rings. The molecule has 4 N–H and O–H groups in total. The molecule has 2 aromatic rings. The second-order valence-electron chi connectivity index (χ2n) is 4.34. The van der Waals surface area contributed by atoms with E-state index in [1.807, 2.05) is 26.0 Å². The first kappa shape index (κ1) is 14.4. The molecule has 0 saturated carbocycles. The smallest absolute Gasteiger partial charge is 0.253 e. The number of nitrogen functional groups attached to an aromatic ring is 1. The van der Waals surface area contributed by atoms with Crippen molar-refractivity contribution in [3.63, 3.8) is 0 Å². The maximum atomic E-state index is 12.1. The number of anilines is 1. The number of amides is 1. The van der Waals surface area contributed by atoms with Gasteiger partial charge in [-0.3, -0.25) is 4.79 Å². The molecule has 2 aromatic heterocycles. The Bertz CT molecular complexity index is 627. The molecule has 20 heavy (non-hydrogen) atoms. The topological polar surface area (TPSA) is 93.2 Å². The number of nitrogens with two attached hydrogens (primary N) is 1. The Hall–Kier alpha value is -2.05. The number of carbonyl (C=O) groups is 1. The van der Waals surface area contributed by atoms with Crippen LogP contribution >= 0.6 is 11.6 Å². The van der Waals surface area contributed by atoms with Crippen molar-refractivity contribution in [1.29, 1.82) is 0 Å². The molecule has 106 valence electrons. The van der Waals surface area contributed by atoms with E-state index in [1.165, 1.54) is 12.3 Å². The lowest BCUT2D eigenvalue weighted by molar-refractivity contribution is 0.0935. The van der Waals surface area contributed by atoms with Crippen molar-refractivity contribution in [2.45, 2.75) is 19.9 Å². The number of nitrogens with one attached hydrogen (secondary N) is 2. The van der Waals surface area contributed by atoms with Gasteiger partial charge in [-0.25, -0.2) is 10.8 Å². The number of halogens is 1. The number of hydrazine groups is 1. The first-order valence-electron chi connectivity index (χ1n) is 6.00. The molecular weight excluding hydrogens is 280 g/mol. The molecule has 0 aliphatic heterocycles. The van der Waals surface area contributed by atoms with Gasteiger partial charge in [-0.2, -0.15) is 0 Å². The molecule has 0 aromatic carbocycles. The van der Waals surface area contributed by atoms with Gasteiger partial charge in [-0.05, 0) is 32.0 Å². The average molecular weight is 295 g/mol.